The number of H-pyrrole nitrogens is 1. The topological polar surface area (TPSA) is 84.0 Å². The third-order valence-corrected chi connectivity index (χ3v) is 5.39. The maximum absolute atomic E-state index is 12.3. The molecule has 2 heterocycles. The number of aryl methyl sites for hydroxylation is 1. The van der Waals surface area contributed by atoms with Crippen molar-refractivity contribution in [1.29, 1.82) is 0 Å². The molecule has 0 aliphatic heterocycles. The fourth-order valence-corrected chi connectivity index (χ4v) is 3.72. The molecule has 142 valence electrons. The van der Waals surface area contributed by atoms with E-state index in [0.717, 1.165) is 6.42 Å². The van der Waals surface area contributed by atoms with Crippen molar-refractivity contribution in [2.24, 2.45) is 0 Å². The third kappa shape index (κ3) is 4.95. The van der Waals surface area contributed by atoms with Crippen molar-refractivity contribution in [2.75, 3.05) is 6.54 Å². The summed E-state index contributed by atoms with van der Waals surface area (Å²) in [6.07, 6.45) is 2.43. The van der Waals surface area contributed by atoms with E-state index in [0.29, 0.717) is 42.6 Å². The second-order valence-electron chi connectivity index (χ2n) is 6.59. The van der Waals surface area contributed by atoms with Gasteiger partial charge in [0.05, 0.1) is 5.52 Å². The van der Waals surface area contributed by atoms with E-state index in [-0.39, 0.29) is 11.5 Å². The fourth-order valence-electron chi connectivity index (χ4n) is 2.92. The maximum Gasteiger partial charge on any atom is 0.328 e. The molecular weight excluding hydrogens is 362 g/mol. The van der Waals surface area contributed by atoms with Gasteiger partial charge in [0.15, 0.2) is 0 Å². The van der Waals surface area contributed by atoms with Crippen molar-refractivity contribution < 1.29 is 4.79 Å². The van der Waals surface area contributed by atoms with Crippen LogP contribution >= 0.6 is 11.3 Å². The molecule has 0 aliphatic carbocycles. The van der Waals surface area contributed by atoms with E-state index in [2.05, 4.69) is 34.6 Å². The molecule has 1 aromatic carbocycles. The Morgan fingerprint density at radius 3 is 2.70 bits per heavy atom. The molecule has 2 N–H and O–H groups in total. The number of amides is 1. The number of aromatic amines is 1. The number of nitrogens with zero attached hydrogens (tertiary/aromatic N) is 1. The van der Waals surface area contributed by atoms with Crippen molar-refractivity contribution in [3.8, 4) is 0 Å². The molecule has 0 saturated carbocycles. The summed E-state index contributed by atoms with van der Waals surface area (Å²) < 4.78 is 1.78. The van der Waals surface area contributed by atoms with Gasteiger partial charge in [-0.25, -0.2) is 4.79 Å². The molecule has 1 amide bonds. The number of carbonyl (C=O) groups excluding carboxylic acids is 1. The largest absolute Gasteiger partial charge is 0.356 e. The van der Waals surface area contributed by atoms with Crippen molar-refractivity contribution in [2.45, 2.75) is 39.2 Å². The highest BCUT2D eigenvalue weighted by molar-refractivity contribution is 7.17. The number of nitrogens with one attached hydrogen (secondary N) is 2. The van der Waals surface area contributed by atoms with Gasteiger partial charge in [0.2, 0.25) is 5.91 Å². The van der Waals surface area contributed by atoms with Crippen LogP contribution in [0.3, 0.4) is 0 Å². The quantitative estimate of drug-likeness (QED) is 0.585. The smallest absolute Gasteiger partial charge is 0.328 e. The lowest BCUT2D eigenvalue weighted by Gasteiger charge is -2.07. The Labute approximate surface area is 160 Å². The third-order valence-electron chi connectivity index (χ3n) is 4.48. The molecule has 0 aliphatic rings. The maximum atomic E-state index is 12.3. The summed E-state index contributed by atoms with van der Waals surface area (Å²) in [6, 6.07) is 10.00. The summed E-state index contributed by atoms with van der Waals surface area (Å²) in [5, 5.41) is 4.70. The second-order valence-corrected chi connectivity index (χ2v) is 7.51. The minimum absolute atomic E-state index is 0.00271. The lowest BCUT2D eigenvalue weighted by molar-refractivity contribution is -0.121. The van der Waals surface area contributed by atoms with Crippen LogP contribution in [0.2, 0.25) is 0 Å². The molecule has 0 bridgehead atoms. The van der Waals surface area contributed by atoms with Crippen LogP contribution in [0, 0.1) is 6.92 Å². The summed E-state index contributed by atoms with van der Waals surface area (Å²) in [7, 11) is 0. The van der Waals surface area contributed by atoms with E-state index >= 15 is 0 Å². The molecule has 6 nitrogen and oxygen atoms in total. The van der Waals surface area contributed by atoms with E-state index in [4.69, 9.17) is 0 Å². The van der Waals surface area contributed by atoms with Crippen LogP contribution in [0.5, 0.6) is 0 Å². The van der Waals surface area contributed by atoms with Gasteiger partial charge in [-0.15, -0.1) is 11.3 Å². The van der Waals surface area contributed by atoms with Gasteiger partial charge in [0.25, 0.3) is 5.56 Å². The molecular formula is C20H23N3O3S. The summed E-state index contributed by atoms with van der Waals surface area (Å²) in [5.41, 5.74) is 2.35. The molecule has 0 atom stereocenters. The Hall–Kier alpha value is -2.67. The first kappa shape index (κ1) is 19.1. The highest BCUT2D eigenvalue weighted by Gasteiger charge is 2.08. The monoisotopic (exact) mass is 385 g/mol. The van der Waals surface area contributed by atoms with Crippen LogP contribution in [-0.2, 0) is 17.8 Å². The van der Waals surface area contributed by atoms with Crippen LogP contribution in [-0.4, -0.2) is 22.0 Å². The summed E-state index contributed by atoms with van der Waals surface area (Å²) in [4.78, 5) is 39.0. The lowest BCUT2D eigenvalue weighted by Crippen LogP contribution is -2.34. The Morgan fingerprint density at radius 1 is 1.15 bits per heavy atom. The summed E-state index contributed by atoms with van der Waals surface area (Å²) in [6.45, 7) is 2.97. The SMILES string of the molecule is Cc1ccc(CCNC(=O)CCCCn2c(=O)[nH]c3ccsc3c2=O)cc1. The number of benzene rings is 1. The van der Waals surface area contributed by atoms with E-state index in [1.54, 1.807) is 11.4 Å². The van der Waals surface area contributed by atoms with Gasteiger partial charge in [0, 0.05) is 19.5 Å². The Kier molecular flexibility index (Phi) is 6.24. The summed E-state index contributed by atoms with van der Waals surface area (Å²) >= 11 is 1.32. The van der Waals surface area contributed by atoms with Gasteiger partial charge < -0.3 is 10.3 Å². The number of thiophene rings is 1. The molecule has 0 fully saturated rings. The zero-order valence-electron chi connectivity index (χ0n) is 15.3. The van der Waals surface area contributed by atoms with E-state index in [1.165, 1.54) is 27.0 Å². The van der Waals surface area contributed by atoms with Gasteiger partial charge in [-0.3, -0.25) is 14.2 Å². The average Bonchev–Trinajstić information content (AvgIpc) is 3.11. The van der Waals surface area contributed by atoms with Crippen LogP contribution < -0.4 is 16.6 Å². The minimum Gasteiger partial charge on any atom is -0.356 e. The highest BCUT2D eigenvalue weighted by Crippen LogP contribution is 2.12. The van der Waals surface area contributed by atoms with E-state index in [9.17, 15) is 14.4 Å². The number of hydrogen-bond donors (Lipinski definition) is 2. The number of aromatic nitrogens is 2. The van der Waals surface area contributed by atoms with Crippen molar-refractivity contribution in [1.82, 2.24) is 14.9 Å². The van der Waals surface area contributed by atoms with Crippen molar-refractivity contribution in [3.05, 3.63) is 67.7 Å². The number of hydrogen-bond acceptors (Lipinski definition) is 4. The van der Waals surface area contributed by atoms with Gasteiger partial charge in [0.1, 0.15) is 4.70 Å². The number of rotatable bonds is 8. The minimum atomic E-state index is -0.395. The molecule has 7 heteroatoms. The highest BCUT2D eigenvalue weighted by atomic mass is 32.1. The number of unbranched alkanes of at least 4 members (excludes halogenated alkanes) is 1. The molecule has 0 unspecified atom stereocenters. The predicted octanol–water partition coefficient (Wildman–Crippen LogP) is 2.59. The van der Waals surface area contributed by atoms with Crippen LogP contribution in [0.25, 0.3) is 10.2 Å². The Bertz CT molecular complexity index is 1030. The van der Waals surface area contributed by atoms with E-state index in [1.807, 2.05) is 6.92 Å². The first-order valence-electron chi connectivity index (χ1n) is 9.07. The first-order chi connectivity index (χ1) is 13.0. The number of fused-ring (bicyclic) bond motifs is 1. The zero-order valence-corrected chi connectivity index (χ0v) is 16.1. The molecule has 0 spiro atoms. The normalized spacial score (nSPS) is 11.0. The van der Waals surface area contributed by atoms with Gasteiger partial charge in [-0.05, 0) is 43.2 Å². The molecule has 3 rings (SSSR count). The van der Waals surface area contributed by atoms with Crippen LogP contribution in [0.15, 0.2) is 45.3 Å². The lowest BCUT2D eigenvalue weighted by atomic mass is 10.1. The number of carbonyl (C=O) groups is 1. The van der Waals surface area contributed by atoms with Crippen molar-refractivity contribution >= 4 is 27.5 Å². The molecule has 3 aromatic rings. The summed E-state index contributed by atoms with van der Waals surface area (Å²) in [5.74, 6) is -0.00271. The van der Waals surface area contributed by atoms with Crippen molar-refractivity contribution in [3.63, 3.8) is 0 Å². The molecule has 27 heavy (non-hydrogen) atoms. The zero-order chi connectivity index (χ0) is 19.2. The second kappa shape index (κ2) is 8.81. The predicted molar refractivity (Wildman–Crippen MR) is 108 cm³/mol. The van der Waals surface area contributed by atoms with Crippen LogP contribution in [0.1, 0.15) is 30.4 Å². The average molecular weight is 385 g/mol. The van der Waals surface area contributed by atoms with Crippen LogP contribution in [0.4, 0.5) is 0 Å². The van der Waals surface area contributed by atoms with Gasteiger partial charge in [-0.2, -0.15) is 0 Å². The standard InChI is InChI=1S/C20H23N3O3S/c1-14-5-7-15(8-6-14)9-11-21-17(24)4-2-3-12-23-19(25)18-16(10-13-27-18)22-20(23)26/h5-8,10,13H,2-4,9,11-12H2,1H3,(H,21,24)(H,22,26). The van der Waals surface area contributed by atoms with Gasteiger partial charge in [-0.1, -0.05) is 29.8 Å². The molecule has 0 radical (unpaired) electrons. The van der Waals surface area contributed by atoms with Gasteiger partial charge >= 0.3 is 5.69 Å². The molecule has 2 aromatic heterocycles. The fraction of sp³-hybridized carbons (Fsp3) is 0.350. The molecule has 0 saturated heterocycles. The Morgan fingerprint density at radius 2 is 1.93 bits per heavy atom. The van der Waals surface area contributed by atoms with E-state index < -0.39 is 5.69 Å². The Balaban J connectivity index is 1.41. The first-order valence-corrected chi connectivity index (χ1v) is 9.95.